The van der Waals surface area contributed by atoms with Crippen LogP contribution in [-0.4, -0.2) is 64.3 Å². The summed E-state index contributed by atoms with van der Waals surface area (Å²) in [5.41, 5.74) is 1.10. The van der Waals surface area contributed by atoms with E-state index in [1.807, 2.05) is 12.1 Å². The molecule has 174 valence electrons. The van der Waals surface area contributed by atoms with Gasteiger partial charge in [-0.25, -0.2) is 8.42 Å². The van der Waals surface area contributed by atoms with Crippen molar-refractivity contribution in [3.8, 4) is 0 Å². The minimum Gasteiger partial charge on any atom is -0.357 e. The Hall–Kier alpha value is -0.870. The number of sulfone groups is 1. The maximum atomic E-state index is 11.6. The van der Waals surface area contributed by atoms with Crippen LogP contribution in [0.15, 0.2) is 34.2 Å². The quantitative estimate of drug-likeness (QED) is 0.236. The van der Waals surface area contributed by atoms with Crippen molar-refractivity contribution in [1.29, 1.82) is 0 Å². The number of hydrogen-bond acceptors (Lipinski definition) is 4. The summed E-state index contributed by atoms with van der Waals surface area (Å²) in [5, 5.41) is 6.72. The fraction of sp³-hybridized carbons (Fsp3) is 0.682. The fourth-order valence-electron chi connectivity index (χ4n) is 3.39. The molecule has 0 aliphatic carbocycles. The maximum absolute atomic E-state index is 11.6. The van der Waals surface area contributed by atoms with E-state index in [1.54, 1.807) is 12.1 Å². The standard InChI is InChI=1S/C22H40N4O2S.HI/c1-7-23-22(25-17-20(16-18(4)5)26(8-2)9-3)24-15-14-19-10-12-21(13-11-19)29(6,27)28;/h10-13,18,20H,7-9,14-17H2,1-6H3,(H2,23,24,25);1H. The van der Waals surface area contributed by atoms with E-state index in [2.05, 4.69) is 50.2 Å². The van der Waals surface area contributed by atoms with Crippen LogP contribution in [0.25, 0.3) is 0 Å². The van der Waals surface area contributed by atoms with Gasteiger partial charge in [0.2, 0.25) is 0 Å². The average Bonchev–Trinajstić information content (AvgIpc) is 2.66. The van der Waals surface area contributed by atoms with Crippen LogP contribution in [0.1, 0.15) is 46.6 Å². The van der Waals surface area contributed by atoms with Crippen LogP contribution in [-0.2, 0) is 16.3 Å². The zero-order valence-corrected chi connectivity index (χ0v) is 22.6. The SMILES string of the molecule is CCNC(=NCC(CC(C)C)N(CC)CC)NCCc1ccc(S(C)(=O)=O)cc1.I. The van der Waals surface area contributed by atoms with E-state index in [-0.39, 0.29) is 24.0 Å². The van der Waals surface area contributed by atoms with E-state index in [0.717, 1.165) is 57.1 Å². The average molecular weight is 553 g/mol. The van der Waals surface area contributed by atoms with Crippen LogP contribution < -0.4 is 10.6 Å². The molecular weight excluding hydrogens is 511 g/mol. The molecule has 0 radical (unpaired) electrons. The number of halogens is 1. The topological polar surface area (TPSA) is 73.8 Å². The normalized spacial score (nSPS) is 13.3. The Morgan fingerprint density at radius 3 is 2.13 bits per heavy atom. The molecule has 1 aromatic carbocycles. The molecule has 0 aliphatic heterocycles. The van der Waals surface area contributed by atoms with Crippen molar-refractivity contribution < 1.29 is 8.42 Å². The second kappa shape index (κ2) is 15.0. The lowest BCUT2D eigenvalue weighted by atomic mass is 10.0. The smallest absolute Gasteiger partial charge is 0.191 e. The van der Waals surface area contributed by atoms with Crippen molar-refractivity contribution in [2.45, 2.75) is 58.4 Å². The van der Waals surface area contributed by atoms with E-state index >= 15 is 0 Å². The molecule has 0 heterocycles. The summed E-state index contributed by atoms with van der Waals surface area (Å²) < 4.78 is 23.1. The Bertz CT molecular complexity index is 717. The number of nitrogens with one attached hydrogen (secondary N) is 2. The Morgan fingerprint density at radius 1 is 1.07 bits per heavy atom. The molecule has 1 atom stereocenters. The second-order valence-electron chi connectivity index (χ2n) is 7.82. The van der Waals surface area contributed by atoms with Gasteiger partial charge in [-0.2, -0.15) is 0 Å². The van der Waals surface area contributed by atoms with Gasteiger partial charge in [0.15, 0.2) is 15.8 Å². The molecular formula is C22H41IN4O2S. The van der Waals surface area contributed by atoms with Crippen molar-refractivity contribution in [2.75, 3.05) is 39.0 Å². The number of likely N-dealkylation sites (N-methyl/N-ethyl adjacent to an activating group) is 1. The molecule has 0 aliphatic rings. The molecule has 1 unspecified atom stereocenters. The first-order chi connectivity index (χ1) is 13.7. The summed E-state index contributed by atoms with van der Waals surface area (Å²) in [5.74, 6) is 1.47. The minimum absolute atomic E-state index is 0. The number of guanidine groups is 1. The zero-order valence-electron chi connectivity index (χ0n) is 19.4. The lowest BCUT2D eigenvalue weighted by Gasteiger charge is -2.30. The van der Waals surface area contributed by atoms with Crippen molar-refractivity contribution in [2.24, 2.45) is 10.9 Å². The predicted molar refractivity (Wildman–Crippen MR) is 139 cm³/mol. The molecule has 0 amide bonds. The Balaban J connectivity index is 0.00000841. The molecule has 8 heteroatoms. The molecule has 0 spiro atoms. The monoisotopic (exact) mass is 552 g/mol. The summed E-state index contributed by atoms with van der Waals surface area (Å²) in [7, 11) is -3.15. The van der Waals surface area contributed by atoms with Gasteiger partial charge in [0.05, 0.1) is 11.4 Å². The van der Waals surface area contributed by atoms with Crippen LogP contribution in [0.2, 0.25) is 0 Å². The largest absolute Gasteiger partial charge is 0.357 e. The van der Waals surface area contributed by atoms with Gasteiger partial charge in [0.1, 0.15) is 0 Å². The van der Waals surface area contributed by atoms with E-state index in [0.29, 0.717) is 16.9 Å². The summed E-state index contributed by atoms with van der Waals surface area (Å²) in [4.78, 5) is 7.68. The first-order valence-electron chi connectivity index (χ1n) is 10.8. The van der Waals surface area contributed by atoms with Crippen LogP contribution in [0, 0.1) is 5.92 Å². The van der Waals surface area contributed by atoms with Crippen molar-refractivity contribution in [3.63, 3.8) is 0 Å². The third kappa shape index (κ3) is 10.9. The highest BCUT2D eigenvalue weighted by Crippen LogP contribution is 2.12. The summed E-state index contributed by atoms with van der Waals surface area (Å²) >= 11 is 0. The number of nitrogens with zero attached hydrogens (tertiary/aromatic N) is 2. The van der Waals surface area contributed by atoms with Gasteiger partial charge in [-0.05, 0) is 56.5 Å². The molecule has 2 N–H and O–H groups in total. The maximum Gasteiger partial charge on any atom is 0.191 e. The van der Waals surface area contributed by atoms with Crippen molar-refractivity contribution in [3.05, 3.63) is 29.8 Å². The second-order valence-corrected chi connectivity index (χ2v) is 9.83. The molecule has 1 rings (SSSR count). The lowest BCUT2D eigenvalue weighted by molar-refractivity contribution is 0.196. The van der Waals surface area contributed by atoms with Crippen LogP contribution in [0.4, 0.5) is 0 Å². The minimum atomic E-state index is -3.15. The first kappa shape index (κ1) is 29.1. The van der Waals surface area contributed by atoms with E-state index in [9.17, 15) is 8.42 Å². The Labute approximate surface area is 201 Å². The highest BCUT2D eigenvalue weighted by Gasteiger charge is 2.17. The summed E-state index contributed by atoms with van der Waals surface area (Å²) in [6.45, 7) is 15.4. The Kier molecular flexibility index (Phi) is 14.6. The molecule has 1 aromatic rings. The number of rotatable bonds is 12. The van der Waals surface area contributed by atoms with Crippen LogP contribution >= 0.6 is 24.0 Å². The predicted octanol–water partition coefficient (Wildman–Crippen LogP) is 3.56. The van der Waals surface area contributed by atoms with E-state index in [4.69, 9.17) is 4.99 Å². The van der Waals surface area contributed by atoms with Gasteiger partial charge >= 0.3 is 0 Å². The molecule has 6 nitrogen and oxygen atoms in total. The highest BCUT2D eigenvalue weighted by atomic mass is 127. The number of aliphatic imine (C=N–C) groups is 1. The number of hydrogen-bond donors (Lipinski definition) is 2. The van der Waals surface area contributed by atoms with Crippen molar-refractivity contribution >= 4 is 39.8 Å². The van der Waals surface area contributed by atoms with Gasteiger partial charge < -0.3 is 10.6 Å². The van der Waals surface area contributed by atoms with Gasteiger partial charge in [0.25, 0.3) is 0 Å². The molecule has 30 heavy (non-hydrogen) atoms. The summed E-state index contributed by atoms with van der Waals surface area (Å²) in [6, 6.07) is 7.54. The van der Waals surface area contributed by atoms with Crippen molar-refractivity contribution in [1.82, 2.24) is 15.5 Å². The lowest BCUT2D eigenvalue weighted by Crippen LogP contribution is -2.42. The van der Waals surface area contributed by atoms with Gasteiger partial charge in [0, 0.05) is 25.4 Å². The zero-order chi connectivity index (χ0) is 21.9. The molecule has 0 aromatic heterocycles. The molecule has 0 bridgehead atoms. The number of benzene rings is 1. The molecule has 0 fully saturated rings. The van der Waals surface area contributed by atoms with E-state index < -0.39 is 9.84 Å². The van der Waals surface area contributed by atoms with Gasteiger partial charge in [-0.3, -0.25) is 9.89 Å². The Morgan fingerprint density at radius 2 is 1.67 bits per heavy atom. The highest BCUT2D eigenvalue weighted by molar-refractivity contribution is 14.0. The van der Waals surface area contributed by atoms with Gasteiger partial charge in [-0.1, -0.05) is 39.8 Å². The van der Waals surface area contributed by atoms with Gasteiger partial charge in [-0.15, -0.1) is 24.0 Å². The fourth-order valence-corrected chi connectivity index (χ4v) is 4.02. The third-order valence-corrected chi connectivity index (χ3v) is 6.06. The van der Waals surface area contributed by atoms with E-state index in [1.165, 1.54) is 6.26 Å². The third-order valence-electron chi connectivity index (χ3n) is 4.93. The van der Waals surface area contributed by atoms with Crippen LogP contribution in [0.3, 0.4) is 0 Å². The molecule has 0 saturated heterocycles. The van der Waals surface area contributed by atoms with Crippen LogP contribution in [0.5, 0.6) is 0 Å². The summed E-state index contributed by atoms with van der Waals surface area (Å²) in [6.07, 6.45) is 3.17. The molecule has 0 saturated carbocycles. The first-order valence-corrected chi connectivity index (χ1v) is 12.7.